The molecule has 106 valence electrons. The van der Waals surface area contributed by atoms with Gasteiger partial charge in [0.25, 0.3) is 0 Å². The van der Waals surface area contributed by atoms with E-state index in [1.54, 1.807) is 6.92 Å². The van der Waals surface area contributed by atoms with Crippen molar-refractivity contribution in [3.8, 4) is 0 Å². The van der Waals surface area contributed by atoms with Crippen LogP contribution >= 0.6 is 0 Å². The lowest BCUT2D eigenvalue weighted by Gasteiger charge is -2.08. The Balaban J connectivity index is 2.39. The van der Waals surface area contributed by atoms with Gasteiger partial charge in [0.2, 0.25) is 0 Å². The number of methoxy groups -OCH3 is 1. The van der Waals surface area contributed by atoms with Crippen LogP contribution in [0.25, 0.3) is 0 Å². The molecule has 0 unspecified atom stereocenters. The molecule has 0 radical (unpaired) electrons. The van der Waals surface area contributed by atoms with Crippen molar-refractivity contribution in [1.82, 2.24) is 9.55 Å². The van der Waals surface area contributed by atoms with Gasteiger partial charge in [-0.25, -0.2) is 18.6 Å². The molecule has 0 saturated heterocycles. The third-order valence-electron chi connectivity index (χ3n) is 2.92. The van der Waals surface area contributed by atoms with Gasteiger partial charge in [0.05, 0.1) is 13.7 Å². The van der Waals surface area contributed by atoms with Gasteiger partial charge in [-0.2, -0.15) is 0 Å². The van der Waals surface area contributed by atoms with Crippen molar-refractivity contribution in [3.05, 3.63) is 46.9 Å². The van der Waals surface area contributed by atoms with Crippen LogP contribution in [0.1, 0.15) is 21.9 Å². The molecule has 2 rings (SSSR count). The summed E-state index contributed by atoms with van der Waals surface area (Å²) in [5, 5.41) is 0. The fraction of sp³-hybridized carbons (Fsp3) is 0.231. The summed E-state index contributed by atoms with van der Waals surface area (Å²) < 4.78 is 32.5. The second-order valence-electron chi connectivity index (χ2n) is 4.21. The molecular weight excluding hydrogens is 268 g/mol. The summed E-state index contributed by atoms with van der Waals surface area (Å²) in [5.74, 6) is -1.48. The van der Waals surface area contributed by atoms with Crippen LogP contribution in [0.4, 0.5) is 14.6 Å². The molecule has 7 heteroatoms. The van der Waals surface area contributed by atoms with E-state index in [1.165, 1.54) is 17.7 Å². The number of halogens is 2. The van der Waals surface area contributed by atoms with Gasteiger partial charge in [0, 0.05) is 11.6 Å². The molecule has 2 aromatic rings. The predicted molar refractivity (Wildman–Crippen MR) is 68.2 cm³/mol. The van der Waals surface area contributed by atoms with Crippen LogP contribution in [0, 0.1) is 18.6 Å². The van der Waals surface area contributed by atoms with E-state index in [4.69, 9.17) is 5.73 Å². The lowest BCUT2D eigenvalue weighted by atomic mass is 10.2. The Hall–Kier alpha value is -2.44. The van der Waals surface area contributed by atoms with Crippen molar-refractivity contribution in [2.45, 2.75) is 13.5 Å². The maximum absolute atomic E-state index is 13.6. The second kappa shape index (κ2) is 5.28. The summed E-state index contributed by atoms with van der Waals surface area (Å²) in [4.78, 5) is 15.5. The molecule has 0 atom stereocenters. The molecule has 0 aliphatic heterocycles. The Morgan fingerprint density at radius 3 is 2.75 bits per heavy atom. The van der Waals surface area contributed by atoms with Gasteiger partial charge in [-0.3, -0.25) is 0 Å². The number of imidazole rings is 1. The smallest absolute Gasteiger partial charge is 0.360 e. The first-order valence-corrected chi connectivity index (χ1v) is 5.79. The standard InChI is InChI=1S/C13H13F2N3O2/c1-7-17-11(13(19)20-2)12(16)18(7)6-8-3-4-9(14)5-10(8)15/h3-5H,6,16H2,1-2H3. The molecule has 1 aromatic carbocycles. The summed E-state index contributed by atoms with van der Waals surface area (Å²) in [6.45, 7) is 1.68. The van der Waals surface area contributed by atoms with Crippen LogP contribution in [0.15, 0.2) is 18.2 Å². The van der Waals surface area contributed by atoms with E-state index in [1.807, 2.05) is 0 Å². The van der Waals surface area contributed by atoms with Gasteiger partial charge < -0.3 is 15.0 Å². The number of anilines is 1. The molecule has 5 nitrogen and oxygen atoms in total. The van der Waals surface area contributed by atoms with E-state index in [0.717, 1.165) is 12.1 Å². The van der Waals surface area contributed by atoms with E-state index in [0.29, 0.717) is 5.82 Å². The van der Waals surface area contributed by atoms with Crippen molar-refractivity contribution in [2.24, 2.45) is 0 Å². The fourth-order valence-electron chi connectivity index (χ4n) is 1.85. The summed E-state index contributed by atoms with van der Waals surface area (Å²) in [7, 11) is 1.22. The number of esters is 1. The van der Waals surface area contributed by atoms with E-state index in [9.17, 15) is 13.6 Å². The zero-order chi connectivity index (χ0) is 14.9. The number of benzene rings is 1. The molecule has 0 amide bonds. The maximum Gasteiger partial charge on any atom is 0.360 e. The van der Waals surface area contributed by atoms with Crippen molar-refractivity contribution >= 4 is 11.8 Å². The van der Waals surface area contributed by atoms with Crippen LogP contribution in [0.3, 0.4) is 0 Å². The first-order chi connectivity index (χ1) is 9.43. The molecular formula is C13H13F2N3O2. The van der Waals surface area contributed by atoms with E-state index >= 15 is 0 Å². The maximum atomic E-state index is 13.6. The summed E-state index contributed by atoms with van der Waals surface area (Å²) >= 11 is 0. The van der Waals surface area contributed by atoms with Crippen LogP contribution < -0.4 is 5.73 Å². The Kier molecular flexibility index (Phi) is 3.69. The van der Waals surface area contributed by atoms with Gasteiger partial charge >= 0.3 is 5.97 Å². The highest BCUT2D eigenvalue weighted by Gasteiger charge is 2.19. The zero-order valence-electron chi connectivity index (χ0n) is 11.0. The number of nitrogens with zero attached hydrogens (tertiary/aromatic N) is 2. The highest BCUT2D eigenvalue weighted by molar-refractivity contribution is 5.92. The average molecular weight is 281 g/mol. The van der Waals surface area contributed by atoms with Gasteiger partial charge in [-0.05, 0) is 13.0 Å². The van der Waals surface area contributed by atoms with Crippen LogP contribution in [-0.2, 0) is 11.3 Å². The average Bonchev–Trinajstić information content (AvgIpc) is 2.68. The highest BCUT2D eigenvalue weighted by Crippen LogP contribution is 2.19. The number of ether oxygens (including phenoxy) is 1. The number of carbonyl (C=O) groups is 1. The van der Waals surface area contributed by atoms with Gasteiger partial charge in [0.1, 0.15) is 23.3 Å². The van der Waals surface area contributed by atoms with E-state index in [-0.39, 0.29) is 23.6 Å². The summed E-state index contributed by atoms with van der Waals surface area (Å²) in [6.07, 6.45) is 0. The number of aromatic nitrogens is 2. The number of carbonyl (C=O) groups excluding carboxylic acids is 1. The lowest BCUT2D eigenvalue weighted by Crippen LogP contribution is -2.10. The minimum atomic E-state index is -0.683. The van der Waals surface area contributed by atoms with Gasteiger partial charge in [-0.1, -0.05) is 6.07 Å². The number of nitrogen functional groups attached to an aromatic ring is 1. The number of nitrogens with two attached hydrogens (primary N) is 1. The first kappa shape index (κ1) is 14.0. The molecule has 0 aliphatic carbocycles. The Labute approximate surface area is 114 Å². The number of hydrogen-bond donors (Lipinski definition) is 1. The molecule has 1 aromatic heterocycles. The van der Waals surface area contributed by atoms with Gasteiger partial charge in [0.15, 0.2) is 5.69 Å². The molecule has 1 heterocycles. The minimum absolute atomic E-state index is 0.0208. The van der Waals surface area contributed by atoms with Gasteiger partial charge in [-0.15, -0.1) is 0 Å². The first-order valence-electron chi connectivity index (χ1n) is 5.79. The molecule has 0 fully saturated rings. The SMILES string of the molecule is COC(=O)c1nc(C)n(Cc2ccc(F)cc2F)c1N. The predicted octanol–water partition coefficient (Wildman–Crippen LogP) is 1.89. The summed E-state index contributed by atoms with van der Waals surface area (Å²) in [6, 6.07) is 3.27. The lowest BCUT2D eigenvalue weighted by molar-refractivity contribution is 0.0595. The minimum Gasteiger partial charge on any atom is -0.464 e. The monoisotopic (exact) mass is 281 g/mol. The van der Waals surface area contributed by atoms with E-state index < -0.39 is 17.6 Å². The number of aryl methyl sites for hydroxylation is 1. The molecule has 0 saturated carbocycles. The van der Waals surface area contributed by atoms with Crippen molar-refractivity contribution in [2.75, 3.05) is 12.8 Å². The highest BCUT2D eigenvalue weighted by atomic mass is 19.1. The Morgan fingerprint density at radius 1 is 1.45 bits per heavy atom. The quantitative estimate of drug-likeness (QED) is 0.872. The number of hydrogen-bond acceptors (Lipinski definition) is 4. The van der Waals surface area contributed by atoms with Crippen LogP contribution in [-0.4, -0.2) is 22.6 Å². The second-order valence-corrected chi connectivity index (χ2v) is 4.21. The molecule has 0 bridgehead atoms. The molecule has 2 N–H and O–H groups in total. The zero-order valence-corrected chi connectivity index (χ0v) is 11.0. The molecule has 0 spiro atoms. The molecule has 20 heavy (non-hydrogen) atoms. The van der Waals surface area contributed by atoms with E-state index in [2.05, 4.69) is 9.72 Å². The number of rotatable bonds is 3. The normalized spacial score (nSPS) is 10.6. The molecule has 0 aliphatic rings. The third-order valence-corrected chi connectivity index (χ3v) is 2.92. The largest absolute Gasteiger partial charge is 0.464 e. The Morgan fingerprint density at radius 2 is 2.15 bits per heavy atom. The van der Waals surface area contributed by atoms with Crippen molar-refractivity contribution in [3.63, 3.8) is 0 Å². The summed E-state index contributed by atoms with van der Waals surface area (Å²) in [5.41, 5.74) is 6.04. The third kappa shape index (κ3) is 2.47. The van der Waals surface area contributed by atoms with Crippen molar-refractivity contribution < 1.29 is 18.3 Å². The van der Waals surface area contributed by atoms with Crippen LogP contribution in [0.2, 0.25) is 0 Å². The van der Waals surface area contributed by atoms with Crippen molar-refractivity contribution in [1.29, 1.82) is 0 Å². The topological polar surface area (TPSA) is 70.1 Å². The Bertz CT molecular complexity index is 668. The fourth-order valence-corrected chi connectivity index (χ4v) is 1.85. The van der Waals surface area contributed by atoms with Crippen LogP contribution in [0.5, 0.6) is 0 Å².